The number of hydrogen-bond acceptors (Lipinski definition) is 6. The molecule has 1 heterocycles. The fourth-order valence-electron chi connectivity index (χ4n) is 4.34. The zero-order valence-electron chi connectivity index (χ0n) is 21.6. The quantitative estimate of drug-likeness (QED) is 0.243. The van der Waals surface area contributed by atoms with Crippen LogP contribution in [0.4, 0.5) is 5.69 Å². The van der Waals surface area contributed by atoms with Gasteiger partial charge < -0.3 is 19.3 Å². The van der Waals surface area contributed by atoms with Gasteiger partial charge in [-0.15, -0.1) is 0 Å². The third-order valence-electron chi connectivity index (χ3n) is 6.26. The number of Topliss-reactive ketones (excluding diaryl/α,β-unsaturated/α-hetero) is 1. The van der Waals surface area contributed by atoms with Crippen molar-refractivity contribution in [2.45, 2.75) is 26.8 Å². The Labute approximate surface area is 216 Å². The summed E-state index contributed by atoms with van der Waals surface area (Å²) in [5.41, 5.74) is 2.36. The van der Waals surface area contributed by atoms with E-state index in [4.69, 9.17) is 14.2 Å². The maximum Gasteiger partial charge on any atom is 0.300 e. The molecular formula is C30H31NO6. The van der Waals surface area contributed by atoms with Crippen molar-refractivity contribution in [3.63, 3.8) is 0 Å². The molecule has 1 unspecified atom stereocenters. The molecule has 1 N–H and O–H groups in total. The predicted molar refractivity (Wildman–Crippen MR) is 142 cm³/mol. The molecule has 4 rings (SSSR count). The molecule has 7 nitrogen and oxygen atoms in total. The van der Waals surface area contributed by atoms with Crippen molar-refractivity contribution in [1.82, 2.24) is 0 Å². The molecule has 0 aromatic heterocycles. The Kier molecular flexibility index (Phi) is 7.53. The lowest BCUT2D eigenvalue weighted by Crippen LogP contribution is -2.29. The second-order valence-corrected chi connectivity index (χ2v) is 9.32. The van der Waals surface area contributed by atoms with Crippen molar-refractivity contribution in [3.8, 4) is 17.2 Å². The molecule has 0 spiro atoms. The zero-order valence-corrected chi connectivity index (χ0v) is 21.6. The highest BCUT2D eigenvalue weighted by molar-refractivity contribution is 6.51. The first-order valence-electron chi connectivity index (χ1n) is 12.1. The monoisotopic (exact) mass is 501 g/mol. The van der Waals surface area contributed by atoms with Gasteiger partial charge >= 0.3 is 0 Å². The van der Waals surface area contributed by atoms with Crippen molar-refractivity contribution in [1.29, 1.82) is 0 Å². The molecule has 192 valence electrons. The van der Waals surface area contributed by atoms with Crippen LogP contribution in [0.25, 0.3) is 5.76 Å². The van der Waals surface area contributed by atoms with Gasteiger partial charge in [0.2, 0.25) is 0 Å². The molecule has 0 bridgehead atoms. The van der Waals surface area contributed by atoms with E-state index >= 15 is 0 Å². The van der Waals surface area contributed by atoms with E-state index in [2.05, 4.69) is 13.8 Å². The van der Waals surface area contributed by atoms with Crippen molar-refractivity contribution in [3.05, 3.63) is 89.0 Å². The highest BCUT2D eigenvalue weighted by atomic mass is 16.5. The summed E-state index contributed by atoms with van der Waals surface area (Å²) in [4.78, 5) is 28.2. The molecule has 1 fully saturated rings. The summed E-state index contributed by atoms with van der Waals surface area (Å²) in [6, 6.07) is 18.5. The van der Waals surface area contributed by atoms with Gasteiger partial charge in [-0.25, -0.2) is 0 Å². The van der Waals surface area contributed by atoms with Crippen molar-refractivity contribution in [2.75, 3.05) is 25.7 Å². The van der Waals surface area contributed by atoms with E-state index in [0.29, 0.717) is 52.2 Å². The molecule has 0 aliphatic carbocycles. The lowest BCUT2D eigenvalue weighted by atomic mass is 9.93. The fraction of sp³-hybridized carbons (Fsp3) is 0.267. The summed E-state index contributed by atoms with van der Waals surface area (Å²) in [7, 11) is 3.12. The third kappa shape index (κ3) is 5.16. The summed E-state index contributed by atoms with van der Waals surface area (Å²) >= 11 is 0. The molecule has 37 heavy (non-hydrogen) atoms. The largest absolute Gasteiger partial charge is 0.507 e. The Morgan fingerprint density at radius 2 is 1.49 bits per heavy atom. The summed E-state index contributed by atoms with van der Waals surface area (Å²) in [6.45, 7) is 6.50. The topological polar surface area (TPSA) is 85.3 Å². The average Bonchev–Trinajstić information content (AvgIpc) is 3.17. The van der Waals surface area contributed by atoms with E-state index in [0.717, 1.165) is 0 Å². The fourth-order valence-corrected chi connectivity index (χ4v) is 4.34. The van der Waals surface area contributed by atoms with Gasteiger partial charge in [-0.3, -0.25) is 14.5 Å². The van der Waals surface area contributed by atoms with Crippen LogP contribution in [0.15, 0.2) is 72.3 Å². The summed E-state index contributed by atoms with van der Waals surface area (Å²) in [5.74, 6) is 0.592. The number of carbonyl (C=O) groups is 2. The molecule has 7 heteroatoms. The van der Waals surface area contributed by atoms with Gasteiger partial charge in [-0.2, -0.15) is 0 Å². The molecule has 0 radical (unpaired) electrons. The summed E-state index contributed by atoms with van der Waals surface area (Å²) in [5, 5.41) is 11.4. The molecule has 1 atom stereocenters. The number of carbonyl (C=O) groups excluding carboxylic acids is 2. The van der Waals surface area contributed by atoms with Crippen LogP contribution in [0.3, 0.4) is 0 Å². The molecule has 1 aliphatic rings. The number of ketones is 1. The first-order chi connectivity index (χ1) is 17.7. The van der Waals surface area contributed by atoms with Crippen molar-refractivity contribution in [2.24, 2.45) is 5.92 Å². The van der Waals surface area contributed by atoms with Gasteiger partial charge in [-0.1, -0.05) is 26.0 Å². The molecule has 3 aromatic rings. The number of aryl methyl sites for hydroxylation is 1. The van der Waals surface area contributed by atoms with E-state index in [1.165, 1.54) is 4.90 Å². The van der Waals surface area contributed by atoms with E-state index < -0.39 is 17.7 Å². The van der Waals surface area contributed by atoms with Gasteiger partial charge in [0.1, 0.15) is 23.0 Å². The molecular weight excluding hydrogens is 470 g/mol. The highest BCUT2D eigenvalue weighted by Gasteiger charge is 2.47. The lowest BCUT2D eigenvalue weighted by molar-refractivity contribution is -0.132. The number of ether oxygens (including phenoxy) is 3. The van der Waals surface area contributed by atoms with Crippen molar-refractivity contribution >= 4 is 23.1 Å². The van der Waals surface area contributed by atoms with E-state index in [1.54, 1.807) is 80.9 Å². The minimum absolute atomic E-state index is 0.0172. The number of benzene rings is 3. The van der Waals surface area contributed by atoms with Crippen LogP contribution in [0.1, 0.15) is 36.6 Å². The summed E-state index contributed by atoms with van der Waals surface area (Å²) < 4.78 is 16.3. The second-order valence-electron chi connectivity index (χ2n) is 9.32. The van der Waals surface area contributed by atoms with Crippen molar-refractivity contribution < 1.29 is 28.9 Å². The van der Waals surface area contributed by atoms with E-state index in [9.17, 15) is 14.7 Å². The standard InChI is InChI=1S/C30H31NO6/c1-18(2)17-37-23-12-8-21(9-13-23)31-27(20-6-10-22(35-4)11-7-20)26(29(33)30(31)34)28(32)25-15-14-24(36-5)16-19(25)3/h6-16,18,27,32H,17H2,1-5H3/b28-26-. The first-order valence-corrected chi connectivity index (χ1v) is 12.1. The molecule has 1 amide bonds. The first kappa shape index (κ1) is 25.8. The van der Waals surface area contributed by atoms with Crippen LogP contribution in [0.5, 0.6) is 17.2 Å². The number of nitrogens with zero attached hydrogens (tertiary/aromatic N) is 1. The minimum atomic E-state index is -0.838. The lowest BCUT2D eigenvalue weighted by Gasteiger charge is -2.26. The SMILES string of the molecule is COc1ccc(C2/C(=C(/O)c3ccc(OC)cc3C)C(=O)C(=O)N2c2ccc(OCC(C)C)cc2)cc1. The number of aliphatic hydroxyl groups is 1. The molecule has 0 saturated carbocycles. The van der Waals surface area contributed by atoms with Gasteiger partial charge in [0.05, 0.1) is 32.4 Å². The number of hydrogen-bond donors (Lipinski definition) is 1. The van der Waals surface area contributed by atoms with Crippen LogP contribution in [-0.2, 0) is 9.59 Å². The smallest absolute Gasteiger partial charge is 0.300 e. The second kappa shape index (κ2) is 10.8. The van der Waals surface area contributed by atoms with Crippen LogP contribution in [0, 0.1) is 12.8 Å². The van der Waals surface area contributed by atoms with Gasteiger partial charge in [0.25, 0.3) is 11.7 Å². The number of amides is 1. The molecule has 1 aliphatic heterocycles. The normalized spacial score (nSPS) is 16.8. The van der Waals surface area contributed by atoms with Gasteiger partial charge in [0.15, 0.2) is 0 Å². The summed E-state index contributed by atoms with van der Waals surface area (Å²) in [6.07, 6.45) is 0. The van der Waals surface area contributed by atoms with E-state index in [-0.39, 0.29) is 11.3 Å². The highest BCUT2D eigenvalue weighted by Crippen LogP contribution is 2.43. The van der Waals surface area contributed by atoms with E-state index in [1.807, 2.05) is 6.92 Å². The molecule has 1 saturated heterocycles. The van der Waals surface area contributed by atoms with Crippen LogP contribution < -0.4 is 19.1 Å². The molecule has 3 aromatic carbocycles. The number of anilines is 1. The van der Waals surface area contributed by atoms with Crippen LogP contribution >= 0.6 is 0 Å². The number of rotatable bonds is 8. The van der Waals surface area contributed by atoms with Gasteiger partial charge in [0, 0.05) is 11.3 Å². The van der Waals surface area contributed by atoms with Crippen LogP contribution in [0.2, 0.25) is 0 Å². The Morgan fingerprint density at radius 3 is 2.05 bits per heavy atom. The third-order valence-corrected chi connectivity index (χ3v) is 6.26. The van der Waals surface area contributed by atoms with Gasteiger partial charge in [-0.05, 0) is 78.6 Å². The maximum atomic E-state index is 13.4. The maximum absolute atomic E-state index is 13.4. The Balaban J connectivity index is 1.84. The predicted octanol–water partition coefficient (Wildman–Crippen LogP) is 5.67. The van der Waals surface area contributed by atoms with Crippen LogP contribution in [-0.4, -0.2) is 37.6 Å². The Morgan fingerprint density at radius 1 is 0.892 bits per heavy atom. The number of aliphatic hydroxyl groups excluding tert-OH is 1. The Hall–Kier alpha value is -4.26. The average molecular weight is 502 g/mol. The number of methoxy groups -OCH3 is 2. The Bertz CT molecular complexity index is 1330. The zero-order chi connectivity index (χ0) is 26.7. The minimum Gasteiger partial charge on any atom is -0.507 e.